The standard InChI is InChI=1S/C21H27N3O5/c1-13(2)12-29-21(28)23-10-8-15(9-11-23)22-18(25)14(3)24-19(26)16-6-4-5-7-17(16)20(24)27/h4-7,13-15H,8-12H2,1-3H3,(H,22,25). The van der Waals surface area contributed by atoms with Crippen LogP contribution in [0.2, 0.25) is 0 Å². The highest BCUT2D eigenvalue weighted by atomic mass is 16.6. The number of imide groups is 1. The number of carbonyl (C=O) groups is 4. The Hall–Kier alpha value is -2.90. The lowest BCUT2D eigenvalue weighted by Gasteiger charge is -2.33. The van der Waals surface area contributed by atoms with Gasteiger partial charge in [-0.25, -0.2) is 4.79 Å². The van der Waals surface area contributed by atoms with Gasteiger partial charge < -0.3 is 15.0 Å². The maximum Gasteiger partial charge on any atom is 0.409 e. The van der Waals surface area contributed by atoms with Crippen molar-refractivity contribution in [2.75, 3.05) is 19.7 Å². The zero-order chi connectivity index (χ0) is 21.1. The molecule has 8 heteroatoms. The summed E-state index contributed by atoms with van der Waals surface area (Å²) < 4.78 is 5.24. The van der Waals surface area contributed by atoms with Crippen LogP contribution in [0.25, 0.3) is 0 Å². The van der Waals surface area contributed by atoms with Gasteiger partial charge in [-0.05, 0) is 37.8 Å². The second-order valence-corrected chi connectivity index (χ2v) is 7.94. The summed E-state index contributed by atoms with van der Waals surface area (Å²) in [6.07, 6.45) is 0.859. The average molecular weight is 401 g/mol. The fourth-order valence-electron chi connectivity index (χ4n) is 3.53. The maximum absolute atomic E-state index is 12.7. The molecule has 2 heterocycles. The second kappa shape index (κ2) is 8.63. The van der Waals surface area contributed by atoms with Crippen LogP contribution < -0.4 is 5.32 Å². The number of nitrogens with zero attached hydrogens (tertiary/aromatic N) is 2. The largest absolute Gasteiger partial charge is 0.449 e. The minimum absolute atomic E-state index is 0.116. The van der Waals surface area contributed by atoms with Gasteiger partial charge in [-0.3, -0.25) is 19.3 Å². The third-order valence-electron chi connectivity index (χ3n) is 5.23. The van der Waals surface area contributed by atoms with E-state index in [0.29, 0.717) is 43.7 Å². The topological polar surface area (TPSA) is 96.0 Å². The lowest BCUT2D eigenvalue weighted by Crippen LogP contribution is -2.53. The number of likely N-dealkylation sites (tertiary alicyclic amines) is 1. The Labute approximate surface area is 170 Å². The fraction of sp³-hybridized carbons (Fsp3) is 0.524. The molecule has 0 bridgehead atoms. The Kier molecular flexibility index (Phi) is 6.20. The van der Waals surface area contributed by atoms with Crippen molar-refractivity contribution in [3.63, 3.8) is 0 Å². The van der Waals surface area contributed by atoms with Crippen LogP contribution in [0.5, 0.6) is 0 Å². The van der Waals surface area contributed by atoms with Gasteiger partial charge in [0, 0.05) is 19.1 Å². The fourth-order valence-corrected chi connectivity index (χ4v) is 3.53. The van der Waals surface area contributed by atoms with E-state index in [1.54, 1.807) is 36.1 Å². The summed E-state index contributed by atoms with van der Waals surface area (Å²) in [4.78, 5) is 52.4. The van der Waals surface area contributed by atoms with Gasteiger partial charge in [0.2, 0.25) is 5.91 Å². The number of amides is 4. The molecular weight excluding hydrogens is 374 g/mol. The molecule has 0 saturated carbocycles. The number of hydrogen-bond acceptors (Lipinski definition) is 5. The summed E-state index contributed by atoms with van der Waals surface area (Å²) in [6.45, 7) is 6.87. The van der Waals surface area contributed by atoms with Crippen molar-refractivity contribution in [3.05, 3.63) is 35.4 Å². The summed E-state index contributed by atoms with van der Waals surface area (Å²) in [5.74, 6) is -0.994. The second-order valence-electron chi connectivity index (χ2n) is 7.94. The number of piperidine rings is 1. The molecule has 0 radical (unpaired) electrons. The predicted octanol–water partition coefficient (Wildman–Crippen LogP) is 2.04. The Bertz CT molecular complexity index is 779. The normalized spacial score (nSPS) is 18.1. The summed E-state index contributed by atoms with van der Waals surface area (Å²) in [5, 5.41) is 2.91. The third-order valence-corrected chi connectivity index (χ3v) is 5.23. The van der Waals surface area contributed by atoms with Crippen LogP contribution in [0.1, 0.15) is 54.3 Å². The highest BCUT2D eigenvalue weighted by Gasteiger charge is 2.41. The number of benzene rings is 1. The van der Waals surface area contributed by atoms with Crippen molar-refractivity contribution >= 4 is 23.8 Å². The maximum atomic E-state index is 12.7. The minimum atomic E-state index is -0.906. The Morgan fingerprint density at radius 2 is 1.62 bits per heavy atom. The van der Waals surface area contributed by atoms with Crippen LogP contribution >= 0.6 is 0 Å². The first-order valence-electron chi connectivity index (χ1n) is 9.98. The van der Waals surface area contributed by atoms with E-state index in [0.717, 1.165) is 4.90 Å². The van der Waals surface area contributed by atoms with Crippen molar-refractivity contribution in [1.82, 2.24) is 15.1 Å². The average Bonchev–Trinajstić information content (AvgIpc) is 2.96. The van der Waals surface area contributed by atoms with E-state index < -0.39 is 17.9 Å². The highest BCUT2D eigenvalue weighted by molar-refractivity contribution is 6.22. The molecule has 1 fully saturated rings. The third kappa shape index (κ3) is 4.41. The molecule has 4 amide bonds. The Morgan fingerprint density at radius 3 is 2.14 bits per heavy atom. The molecule has 156 valence electrons. The van der Waals surface area contributed by atoms with Crippen LogP contribution in [-0.4, -0.2) is 65.4 Å². The molecule has 8 nitrogen and oxygen atoms in total. The number of rotatable bonds is 5. The van der Waals surface area contributed by atoms with Gasteiger partial charge in [0.05, 0.1) is 17.7 Å². The molecule has 1 unspecified atom stereocenters. The molecule has 29 heavy (non-hydrogen) atoms. The smallest absolute Gasteiger partial charge is 0.409 e. The van der Waals surface area contributed by atoms with Crippen molar-refractivity contribution < 1.29 is 23.9 Å². The van der Waals surface area contributed by atoms with Gasteiger partial charge in [-0.2, -0.15) is 0 Å². The van der Waals surface area contributed by atoms with Crippen LogP contribution in [-0.2, 0) is 9.53 Å². The number of carbonyl (C=O) groups excluding carboxylic acids is 4. The van der Waals surface area contributed by atoms with E-state index in [1.165, 1.54) is 0 Å². The number of fused-ring (bicyclic) bond motifs is 1. The van der Waals surface area contributed by atoms with Crippen molar-refractivity contribution in [3.8, 4) is 0 Å². The van der Waals surface area contributed by atoms with Gasteiger partial charge in [0.15, 0.2) is 0 Å². The van der Waals surface area contributed by atoms with Gasteiger partial charge >= 0.3 is 6.09 Å². The molecule has 3 rings (SSSR count). The summed E-state index contributed by atoms with van der Waals surface area (Å²) in [6, 6.07) is 5.55. The minimum Gasteiger partial charge on any atom is -0.449 e. The zero-order valence-electron chi connectivity index (χ0n) is 17.0. The van der Waals surface area contributed by atoms with Gasteiger partial charge in [0.1, 0.15) is 6.04 Å². The molecule has 0 spiro atoms. The molecule has 1 aromatic carbocycles. The number of nitrogens with one attached hydrogen (secondary N) is 1. The van der Waals surface area contributed by atoms with E-state index in [1.807, 2.05) is 13.8 Å². The molecular formula is C21H27N3O5. The summed E-state index contributed by atoms with van der Waals surface area (Å²) in [5.41, 5.74) is 0.649. The molecule has 1 saturated heterocycles. The summed E-state index contributed by atoms with van der Waals surface area (Å²) in [7, 11) is 0. The van der Waals surface area contributed by atoms with E-state index >= 15 is 0 Å². The van der Waals surface area contributed by atoms with E-state index in [4.69, 9.17) is 4.74 Å². The van der Waals surface area contributed by atoms with E-state index in [2.05, 4.69) is 5.32 Å². The van der Waals surface area contributed by atoms with Crippen LogP contribution in [0, 0.1) is 5.92 Å². The lowest BCUT2D eigenvalue weighted by atomic mass is 10.0. The Morgan fingerprint density at radius 1 is 1.07 bits per heavy atom. The van der Waals surface area contributed by atoms with E-state index in [-0.39, 0.29) is 24.0 Å². The van der Waals surface area contributed by atoms with Gasteiger partial charge in [0.25, 0.3) is 11.8 Å². The number of ether oxygens (including phenoxy) is 1. The quantitative estimate of drug-likeness (QED) is 0.762. The number of hydrogen-bond donors (Lipinski definition) is 1. The predicted molar refractivity (Wildman–Crippen MR) is 105 cm³/mol. The Balaban J connectivity index is 1.52. The lowest BCUT2D eigenvalue weighted by molar-refractivity contribution is -0.125. The van der Waals surface area contributed by atoms with Crippen molar-refractivity contribution in [1.29, 1.82) is 0 Å². The first kappa shape index (κ1) is 20.8. The van der Waals surface area contributed by atoms with E-state index in [9.17, 15) is 19.2 Å². The summed E-state index contributed by atoms with van der Waals surface area (Å²) >= 11 is 0. The van der Waals surface area contributed by atoms with Crippen molar-refractivity contribution in [2.24, 2.45) is 5.92 Å². The highest BCUT2D eigenvalue weighted by Crippen LogP contribution is 2.24. The molecule has 1 aromatic rings. The zero-order valence-corrected chi connectivity index (χ0v) is 17.0. The first-order valence-corrected chi connectivity index (χ1v) is 9.98. The molecule has 2 aliphatic rings. The van der Waals surface area contributed by atoms with Crippen LogP contribution in [0.4, 0.5) is 4.79 Å². The van der Waals surface area contributed by atoms with Crippen LogP contribution in [0.15, 0.2) is 24.3 Å². The SMILES string of the molecule is CC(C)COC(=O)N1CCC(NC(=O)C(C)N2C(=O)c3ccccc3C2=O)CC1. The molecule has 2 aliphatic heterocycles. The monoisotopic (exact) mass is 401 g/mol. The molecule has 0 aromatic heterocycles. The van der Waals surface area contributed by atoms with Crippen LogP contribution in [0.3, 0.4) is 0 Å². The van der Waals surface area contributed by atoms with Gasteiger partial charge in [-0.15, -0.1) is 0 Å². The molecule has 0 aliphatic carbocycles. The molecule has 1 atom stereocenters. The first-order chi connectivity index (χ1) is 13.8. The van der Waals surface area contributed by atoms with Gasteiger partial charge in [-0.1, -0.05) is 26.0 Å². The molecule has 1 N–H and O–H groups in total. The van der Waals surface area contributed by atoms with Crippen molar-refractivity contribution in [2.45, 2.75) is 45.7 Å².